The van der Waals surface area contributed by atoms with Crippen LogP contribution >= 0.6 is 23.2 Å². The van der Waals surface area contributed by atoms with E-state index in [1.54, 1.807) is 30.3 Å². The highest BCUT2D eigenvalue weighted by molar-refractivity contribution is 6.35. The number of halogens is 2. The fraction of sp³-hybridized carbons (Fsp3) is 0.360. The standard InChI is InChI=1S/C25H28Cl2N2O5/c1-3-11-33-23-15-20(29(28-23)16-18-9-10-19(26)14-21(18)27)7-5-12-34-25-17(13-24(30)31)6-4-8-22(25)32-2/h4,6,8-10,14-15H,3,5,7,11-13,16H2,1-2H3,(H,30,31). The van der Waals surface area contributed by atoms with Crippen molar-refractivity contribution in [3.63, 3.8) is 0 Å². The molecular weight excluding hydrogens is 479 g/mol. The molecule has 7 nitrogen and oxygen atoms in total. The molecule has 182 valence electrons. The van der Waals surface area contributed by atoms with E-state index in [1.807, 2.05) is 23.7 Å². The van der Waals surface area contributed by atoms with Crippen molar-refractivity contribution in [3.05, 3.63) is 69.3 Å². The predicted octanol–water partition coefficient (Wildman–Crippen LogP) is 5.67. The number of rotatable bonds is 13. The van der Waals surface area contributed by atoms with Gasteiger partial charge in [-0.1, -0.05) is 48.3 Å². The first-order chi connectivity index (χ1) is 16.4. The normalized spacial score (nSPS) is 10.8. The molecule has 0 aliphatic rings. The number of methoxy groups -OCH3 is 1. The number of aryl methyl sites for hydroxylation is 1. The Morgan fingerprint density at radius 3 is 2.62 bits per heavy atom. The fourth-order valence-corrected chi connectivity index (χ4v) is 3.94. The summed E-state index contributed by atoms with van der Waals surface area (Å²) in [5, 5.41) is 14.9. The van der Waals surface area contributed by atoms with E-state index in [0.717, 1.165) is 17.7 Å². The van der Waals surface area contributed by atoms with Crippen molar-refractivity contribution in [2.75, 3.05) is 20.3 Å². The van der Waals surface area contributed by atoms with Crippen LogP contribution in [-0.2, 0) is 24.2 Å². The van der Waals surface area contributed by atoms with Crippen molar-refractivity contribution < 1.29 is 24.1 Å². The molecule has 3 aromatic rings. The van der Waals surface area contributed by atoms with Crippen LogP contribution in [0.1, 0.15) is 36.6 Å². The number of carbonyl (C=O) groups is 1. The Balaban J connectivity index is 1.70. The molecule has 0 fully saturated rings. The largest absolute Gasteiger partial charge is 0.493 e. The summed E-state index contributed by atoms with van der Waals surface area (Å²) in [5.74, 6) is 0.607. The van der Waals surface area contributed by atoms with Crippen LogP contribution in [0, 0.1) is 0 Å². The topological polar surface area (TPSA) is 82.8 Å². The quantitative estimate of drug-likeness (QED) is 0.300. The summed E-state index contributed by atoms with van der Waals surface area (Å²) in [7, 11) is 1.53. The number of carboxylic acids is 1. The lowest BCUT2D eigenvalue weighted by Gasteiger charge is -2.14. The highest BCUT2D eigenvalue weighted by Crippen LogP contribution is 2.32. The second-order valence-corrected chi connectivity index (χ2v) is 8.53. The molecule has 9 heteroatoms. The average molecular weight is 507 g/mol. The highest BCUT2D eigenvalue weighted by Gasteiger charge is 2.15. The van der Waals surface area contributed by atoms with Gasteiger partial charge in [0.05, 0.1) is 33.3 Å². The van der Waals surface area contributed by atoms with Crippen LogP contribution in [-0.4, -0.2) is 41.2 Å². The van der Waals surface area contributed by atoms with E-state index in [4.69, 9.17) is 37.4 Å². The van der Waals surface area contributed by atoms with Crippen LogP contribution in [0.5, 0.6) is 17.4 Å². The summed E-state index contributed by atoms with van der Waals surface area (Å²) in [5.41, 5.74) is 2.46. The number of aliphatic carboxylic acids is 1. The molecule has 0 bridgehead atoms. The Labute approximate surface area is 209 Å². The molecule has 0 saturated carbocycles. The minimum atomic E-state index is -0.928. The Kier molecular flexibility index (Phi) is 9.48. The average Bonchev–Trinajstić information content (AvgIpc) is 3.18. The van der Waals surface area contributed by atoms with Gasteiger partial charge in [0.15, 0.2) is 11.5 Å². The number of hydrogen-bond acceptors (Lipinski definition) is 5. The molecule has 0 radical (unpaired) electrons. The van der Waals surface area contributed by atoms with Crippen LogP contribution in [0.3, 0.4) is 0 Å². The SMILES string of the molecule is CCCOc1cc(CCCOc2c(CC(=O)O)cccc2OC)n(Cc2ccc(Cl)cc2Cl)n1. The third-order valence-corrected chi connectivity index (χ3v) is 5.66. The van der Waals surface area contributed by atoms with Gasteiger partial charge in [-0.15, -0.1) is 5.10 Å². The molecule has 0 atom stereocenters. The summed E-state index contributed by atoms with van der Waals surface area (Å²) in [6.45, 7) is 3.49. The van der Waals surface area contributed by atoms with Crippen molar-refractivity contribution >= 4 is 29.2 Å². The van der Waals surface area contributed by atoms with E-state index < -0.39 is 5.97 Å². The lowest BCUT2D eigenvalue weighted by atomic mass is 10.1. The van der Waals surface area contributed by atoms with Gasteiger partial charge in [0.1, 0.15) is 0 Å². The van der Waals surface area contributed by atoms with Crippen LogP contribution in [0.4, 0.5) is 0 Å². The van der Waals surface area contributed by atoms with Gasteiger partial charge >= 0.3 is 5.97 Å². The van der Waals surface area contributed by atoms with E-state index >= 15 is 0 Å². The summed E-state index contributed by atoms with van der Waals surface area (Å²) in [6.07, 6.45) is 2.10. The number of benzene rings is 2. The summed E-state index contributed by atoms with van der Waals surface area (Å²) >= 11 is 12.4. The first-order valence-electron chi connectivity index (χ1n) is 11.0. The lowest BCUT2D eigenvalue weighted by molar-refractivity contribution is -0.136. The molecule has 2 aromatic carbocycles. The molecule has 34 heavy (non-hydrogen) atoms. The third kappa shape index (κ3) is 7.05. The van der Waals surface area contributed by atoms with Crippen molar-refractivity contribution in [2.45, 2.75) is 39.2 Å². The molecule has 1 heterocycles. The van der Waals surface area contributed by atoms with Gasteiger partial charge in [0.25, 0.3) is 0 Å². The maximum Gasteiger partial charge on any atom is 0.307 e. The predicted molar refractivity (Wildman–Crippen MR) is 132 cm³/mol. The molecular formula is C25H28Cl2N2O5. The van der Waals surface area contributed by atoms with Gasteiger partial charge in [-0.3, -0.25) is 9.48 Å². The van der Waals surface area contributed by atoms with Gasteiger partial charge in [-0.2, -0.15) is 0 Å². The molecule has 0 saturated heterocycles. The number of nitrogens with zero attached hydrogens (tertiary/aromatic N) is 2. The van der Waals surface area contributed by atoms with Crippen molar-refractivity contribution in [3.8, 4) is 17.4 Å². The molecule has 0 spiro atoms. The minimum Gasteiger partial charge on any atom is -0.493 e. The monoisotopic (exact) mass is 506 g/mol. The van der Waals surface area contributed by atoms with E-state index in [9.17, 15) is 9.90 Å². The molecule has 1 N–H and O–H groups in total. The molecule has 0 amide bonds. The smallest absolute Gasteiger partial charge is 0.307 e. The maximum atomic E-state index is 11.2. The molecule has 3 rings (SSSR count). The Morgan fingerprint density at radius 1 is 1.09 bits per heavy atom. The van der Waals surface area contributed by atoms with Crippen LogP contribution in [0.25, 0.3) is 0 Å². The maximum absolute atomic E-state index is 11.2. The zero-order chi connectivity index (χ0) is 24.5. The minimum absolute atomic E-state index is 0.140. The zero-order valence-corrected chi connectivity index (χ0v) is 20.7. The Hall–Kier alpha value is -2.90. The highest BCUT2D eigenvalue weighted by atomic mass is 35.5. The van der Waals surface area contributed by atoms with Gasteiger partial charge in [-0.05, 0) is 43.0 Å². The molecule has 1 aromatic heterocycles. The zero-order valence-electron chi connectivity index (χ0n) is 19.2. The fourth-order valence-electron chi connectivity index (χ4n) is 3.47. The number of para-hydroxylation sites is 1. The Morgan fingerprint density at radius 2 is 1.91 bits per heavy atom. The second-order valence-electron chi connectivity index (χ2n) is 7.69. The van der Waals surface area contributed by atoms with Crippen molar-refractivity contribution in [2.24, 2.45) is 0 Å². The Bertz CT molecular complexity index is 1120. The summed E-state index contributed by atoms with van der Waals surface area (Å²) in [6, 6.07) is 12.6. The third-order valence-electron chi connectivity index (χ3n) is 5.08. The van der Waals surface area contributed by atoms with E-state index in [2.05, 4.69) is 5.10 Å². The summed E-state index contributed by atoms with van der Waals surface area (Å²) < 4.78 is 18.9. The van der Waals surface area contributed by atoms with Crippen LogP contribution in [0.2, 0.25) is 10.0 Å². The lowest BCUT2D eigenvalue weighted by Crippen LogP contribution is -2.10. The van der Waals surface area contributed by atoms with E-state index in [0.29, 0.717) is 65.6 Å². The first kappa shape index (κ1) is 25.7. The summed E-state index contributed by atoms with van der Waals surface area (Å²) in [4.78, 5) is 11.2. The molecule has 0 unspecified atom stereocenters. The van der Waals surface area contributed by atoms with Crippen LogP contribution in [0.15, 0.2) is 42.5 Å². The van der Waals surface area contributed by atoms with Crippen LogP contribution < -0.4 is 14.2 Å². The van der Waals surface area contributed by atoms with Gasteiger partial charge in [0.2, 0.25) is 5.88 Å². The second kappa shape index (κ2) is 12.5. The number of hydrogen-bond donors (Lipinski definition) is 1. The van der Waals surface area contributed by atoms with E-state index in [-0.39, 0.29) is 6.42 Å². The van der Waals surface area contributed by atoms with Gasteiger partial charge in [-0.25, -0.2) is 0 Å². The van der Waals surface area contributed by atoms with Gasteiger partial charge < -0.3 is 19.3 Å². The molecule has 0 aliphatic carbocycles. The van der Waals surface area contributed by atoms with Gasteiger partial charge in [0, 0.05) is 27.4 Å². The molecule has 0 aliphatic heterocycles. The van der Waals surface area contributed by atoms with E-state index in [1.165, 1.54) is 7.11 Å². The van der Waals surface area contributed by atoms with Crippen molar-refractivity contribution in [1.29, 1.82) is 0 Å². The number of carboxylic acid groups (broad SMARTS) is 1. The first-order valence-corrected chi connectivity index (χ1v) is 11.8. The number of aromatic nitrogens is 2. The van der Waals surface area contributed by atoms with Crippen molar-refractivity contribution in [1.82, 2.24) is 9.78 Å². The number of ether oxygens (including phenoxy) is 3.